The molecule has 0 atom stereocenters. The van der Waals surface area contributed by atoms with Gasteiger partial charge in [0.25, 0.3) is 0 Å². The zero-order valence-electron chi connectivity index (χ0n) is 16.5. The fourth-order valence-electron chi connectivity index (χ4n) is 3.70. The molecule has 5 heteroatoms. The number of aromatic nitrogens is 1. The van der Waals surface area contributed by atoms with E-state index in [2.05, 4.69) is 47.5 Å². The lowest BCUT2D eigenvalue weighted by Crippen LogP contribution is -2.16. The Hall–Kier alpha value is -3.05. The highest BCUT2D eigenvalue weighted by Gasteiger charge is 2.11. The molecule has 0 fully saturated rings. The van der Waals surface area contributed by atoms with Crippen molar-refractivity contribution >= 4 is 38.3 Å². The Kier molecular flexibility index (Phi) is 4.92. The molecular formula is C23H25N3O2. The van der Waals surface area contributed by atoms with Crippen LogP contribution in [0, 0.1) is 0 Å². The molecule has 0 saturated carbocycles. The molecule has 5 nitrogen and oxygen atoms in total. The summed E-state index contributed by atoms with van der Waals surface area (Å²) in [4.78, 5) is 17.5. The highest BCUT2D eigenvalue weighted by atomic mass is 16.5. The molecular weight excluding hydrogens is 350 g/mol. The fourth-order valence-corrected chi connectivity index (χ4v) is 3.70. The van der Waals surface area contributed by atoms with Gasteiger partial charge in [0.2, 0.25) is 0 Å². The monoisotopic (exact) mass is 375 g/mol. The molecule has 0 unspecified atom stereocenters. The van der Waals surface area contributed by atoms with Crippen molar-refractivity contribution in [1.82, 2.24) is 9.88 Å². The van der Waals surface area contributed by atoms with Crippen molar-refractivity contribution in [3.05, 3.63) is 58.8 Å². The van der Waals surface area contributed by atoms with E-state index in [-0.39, 0.29) is 5.43 Å². The predicted octanol–water partition coefficient (Wildman–Crippen LogP) is 4.21. The van der Waals surface area contributed by atoms with Crippen molar-refractivity contribution in [2.45, 2.75) is 6.42 Å². The largest absolute Gasteiger partial charge is 0.497 e. The van der Waals surface area contributed by atoms with E-state index in [0.717, 1.165) is 63.5 Å². The van der Waals surface area contributed by atoms with Crippen LogP contribution in [0.3, 0.4) is 0 Å². The minimum absolute atomic E-state index is 0.0272. The van der Waals surface area contributed by atoms with Gasteiger partial charge in [0, 0.05) is 22.7 Å². The average molecular weight is 375 g/mol. The quantitative estimate of drug-likeness (QED) is 0.392. The fraction of sp³-hybridized carbons (Fsp3) is 0.261. The summed E-state index contributed by atoms with van der Waals surface area (Å²) in [7, 11) is 5.85. The van der Waals surface area contributed by atoms with E-state index in [1.807, 2.05) is 18.2 Å². The Bertz CT molecular complexity index is 1210. The molecule has 0 bridgehead atoms. The SMILES string of the molecule is COc1ccc2c(c1)c(NCCCN(C)C)[nH]c1c3ccc(=O)cc3ccc21. The van der Waals surface area contributed by atoms with Crippen molar-refractivity contribution in [2.75, 3.05) is 39.6 Å². The van der Waals surface area contributed by atoms with Gasteiger partial charge in [0.05, 0.1) is 12.6 Å². The molecule has 144 valence electrons. The van der Waals surface area contributed by atoms with Gasteiger partial charge in [-0.15, -0.1) is 0 Å². The second kappa shape index (κ2) is 7.52. The number of nitrogens with one attached hydrogen (secondary N) is 2. The van der Waals surface area contributed by atoms with Crippen LogP contribution in [0.1, 0.15) is 6.42 Å². The van der Waals surface area contributed by atoms with Crippen LogP contribution in [0.4, 0.5) is 5.82 Å². The molecule has 0 aliphatic heterocycles. The van der Waals surface area contributed by atoms with E-state index in [1.165, 1.54) is 0 Å². The number of hydrogen-bond donors (Lipinski definition) is 2. The summed E-state index contributed by atoms with van der Waals surface area (Å²) in [6, 6.07) is 15.5. The van der Waals surface area contributed by atoms with Gasteiger partial charge in [-0.1, -0.05) is 12.1 Å². The number of benzene rings is 3. The van der Waals surface area contributed by atoms with Crippen LogP contribution < -0.4 is 15.5 Å². The summed E-state index contributed by atoms with van der Waals surface area (Å²) in [5, 5.41) is 8.93. The Labute approximate surface area is 163 Å². The van der Waals surface area contributed by atoms with Crippen LogP contribution in [0.15, 0.2) is 53.3 Å². The molecule has 2 N–H and O–H groups in total. The molecule has 1 aromatic heterocycles. The van der Waals surface area contributed by atoms with Crippen molar-refractivity contribution < 1.29 is 4.74 Å². The van der Waals surface area contributed by atoms with Crippen LogP contribution in [0.2, 0.25) is 0 Å². The summed E-state index contributed by atoms with van der Waals surface area (Å²) in [6.07, 6.45) is 1.04. The molecule has 0 aliphatic rings. The molecule has 0 amide bonds. The summed E-state index contributed by atoms with van der Waals surface area (Å²) >= 11 is 0. The first-order valence-corrected chi connectivity index (χ1v) is 9.52. The lowest BCUT2D eigenvalue weighted by atomic mass is 10.0. The van der Waals surface area contributed by atoms with Crippen molar-refractivity contribution in [3.8, 4) is 5.75 Å². The topological polar surface area (TPSA) is 57.4 Å². The number of ether oxygens (including phenoxy) is 1. The lowest BCUT2D eigenvalue weighted by molar-refractivity contribution is 0.405. The summed E-state index contributed by atoms with van der Waals surface area (Å²) in [5.74, 6) is 1.80. The number of H-pyrrole nitrogens is 1. The van der Waals surface area contributed by atoms with E-state index in [0.29, 0.717) is 0 Å². The van der Waals surface area contributed by atoms with Crippen LogP contribution in [0.25, 0.3) is 32.4 Å². The molecule has 0 aliphatic carbocycles. The van der Waals surface area contributed by atoms with Crippen molar-refractivity contribution in [2.24, 2.45) is 0 Å². The van der Waals surface area contributed by atoms with E-state index < -0.39 is 0 Å². The van der Waals surface area contributed by atoms with Gasteiger partial charge in [-0.25, -0.2) is 0 Å². The van der Waals surface area contributed by atoms with Gasteiger partial charge < -0.3 is 19.9 Å². The molecule has 0 saturated heterocycles. The molecule has 0 radical (unpaired) electrons. The van der Waals surface area contributed by atoms with Gasteiger partial charge in [-0.2, -0.15) is 0 Å². The maximum Gasteiger partial charge on any atom is 0.179 e. The van der Waals surface area contributed by atoms with Gasteiger partial charge in [0.1, 0.15) is 11.6 Å². The molecule has 1 heterocycles. The zero-order valence-corrected chi connectivity index (χ0v) is 16.5. The first-order chi connectivity index (χ1) is 13.6. The number of nitrogens with zero attached hydrogens (tertiary/aromatic N) is 1. The minimum Gasteiger partial charge on any atom is -0.497 e. The number of hydrogen-bond acceptors (Lipinski definition) is 4. The first-order valence-electron chi connectivity index (χ1n) is 9.52. The molecule has 4 rings (SSSR count). The Balaban J connectivity index is 1.91. The third-order valence-corrected chi connectivity index (χ3v) is 5.11. The Morgan fingerprint density at radius 1 is 0.964 bits per heavy atom. The molecule has 0 spiro atoms. The number of anilines is 1. The van der Waals surface area contributed by atoms with E-state index in [1.54, 1.807) is 19.2 Å². The van der Waals surface area contributed by atoms with Crippen molar-refractivity contribution in [1.29, 1.82) is 0 Å². The van der Waals surface area contributed by atoms with Crippen molar-refractivity contribution in [3.63, 3.8) is 0 Å². The summed E-state index contributed by atoms with van der Waals surface area (Å²) in [6.45, 7) is 1.89. The van der Waals surface area contributed by atoms with Crippen LogP contribution in [-0.2, 0) is 0 Å². The standard InChI is InChI=1S/C23H25N3O2/c1-26(2)12-4-11-24-23-21-14-17(28-3)7-10-19(21)20-8-5-15-13-16(27)6-9-18(15)22(20)25-23/h5-10,13-14,24-25H,4,11-12H2,1-3H3. The lowest BCUT2D eigenvalue weighted by Gasteiger charge is -2.16. The third-order valence-electron chi connectivity index (χ3n) is 5.11. The highest BCUT2D eigenvalue weighted by Crippen LogP contribution is 2.35. The predicted molar refractivity (Wildman–Crippen MR) is 118 cm³/mol. The third kappa shape index (κ3) is 3.41. The smallest absolute Gasteiger partial charge is 0.179 e. The summed E-state index contributed by atoms with van der Waals surface area (Å²) in [5.41, 5.74) is 1.06. The maximum absolute atomic E-state index is 11.8. The molecule has 4 aromatic rings. The number of fused-ring (bicyclic) bond motifs is 5. The average Bonchev–Trinajstić information content (AvgIpc) is 2.70. The van der Waals surface area contributed by atoms with Crippen LogP contribution in [0.5, 0.6) is 5.75 Å². The Morgan fingerprint density at radius 3 is 2.54 bits per heavy atom. The maximum atomic E-state index is 11.8. The highest BCUT2D eigenvalue weighted by molar-refractivity contribution is 6.17. The molecule has 3 aromatic carbocycles. The van der Waals surface area contributed by atoms with E-state index in [4.69, 9.17) is 4.74 Å². The molecule has 28 heavy (non-hydrogen) atoms. The van der Waals surface area contributed by atoms with Gasteiger partial charge in [-0.05, 0) is 74.2 Å². The first kappa shape index (κ1) is 18.3. The van der Waals surface area contributed by atoms with Gasteiger partial charge in [0.15, 0.2) is 5.43 Å². The minimum atomic E-state index is 0.0272. The van der Waals surface area contributed by atoms with E-state index >= 15 is 0 Å². The van der Waals surface area contributed by atoms with E-state index in [9.17, 15) is 4.79 Å². The van der Waals surface area contributed by atoms with Crippen LogP contribution >= 0.6 is 0 Å². The zero-order chi connectivity index (χ0) is 19.7. The number of pyridine rings is 1. The second-order valence-corrected chi connectivity index (χ2v) is 7.37. The number of rotatable bonds is 6. The normalized spacial score (nSPS) is 11.6. The second-order valence-electron chi connectivity index (χ2n) is 7.37. The Morgan fingerprint density at radius 2 is 1.75 bits per heavy atom. The van der Waals surface area contributed by atoms with Gasteiger partial charge in [-0.3, -0.25) is 4.79 Å². The van der Waals surface area contributed by atoms with Crippen LogP contribution in [-0.4, -0.2) is 44.2 Å². The number of aromatic amines is 1. The van der Waals surface area contributed by atoms with Gasteiger partial charge >= 0.3 is 0 Å². The number of methoxy groups -OCH3 is 1. The summed E-state index contributed by atoms with van der Waals surface area (Å²) < 4.78 is 5.45.